The summed E-state index contributed by atoms with van der Waals surface area (Å²) in [6.45, 7) is 17.1. The minimum absolute atomic E-state index is 0.0864. The third kappa shape index (κ3) is 9.18. The highest BCUT2D eigenvalue weighted by atomic mass is 16.3. The van der Waals surface area contributed by atoms with Crippen LogP contribution in [-0.2, 0) is 19.2 Å². The minimum atomic E-state index is -1.26. The molecule has 12 nitrogen and oxygen atoms in total. The lowest BCUT2D eigenvalue weighted by Crippen LogP contribution is -2.64. The van der Waals surface area contributed by atoms with E-state index >= 15 is 0 Å². The zero-order chi connectivity index (χ0) is 33.9. The lowest BCUT2D eigenvalue weighted by atomic mass is 9.80. The maximum atomic E-state index is 13.9. The van der Waals surface area contributed by atoms with Crippen LogP contribution in [0.3, 0.4) is 0 Å². The lowest BCUT2D eigenvalue weighted by Gasteiger charge is -2.42. The number of carbonyl (C=O) groups is 5. The van der Waals surface area contributed by atoms with Crippen molar-refractivity contribution in [3.63, 3.8) is 0 Å². The molecule has 0 aromatic heterocycles. The first kappa shape index (κ1) is 36.7. The average Bonchev–Trinajstić information content (AvgIpc) is 3.60. The second-order valence-corrected chi connectivity index (χ2v) is 15.9. The van der Waals surface area contributed by atoms with Crippen LogP contribution in [0.4, 0.5) is 4.79 Å². The maximum absolute atomic E-state index is 13.9. The van der Waals surface area contributed by atoms with E-state index in [0.717, 1.165) is 32.1 Å². The van der Waals surface area contributed by atoms with Gasteiger partial charge in [-0.25, -0.2) is 4.79 Å². The van der Waals surface area contributed by atoms with Crippen molar-refractivity contribution in [3.05, 3.63) is 0 Å². The minimum Gasteiger partial charge on any atom is -0.376 e. The molecule has 1 aliphatic carbocycles. The Morgan fingerprint density at radius 1 is 0.844 bits per heavy atom. The number of rotatable bonds is 12. The van der Waals surface area contributed by atoms with Crippen LogP contribution >= 0.6 is 0 Å². The maximum Gasteiger partial charge on any atom is 0.315 e. The molecule has 0 bridgehead atoms. The Kier molecular flexibility index (Phi) is 12.1. The number of primary amides is 1. The van der Waals surface area contributed by atoms with E-state index in [9.17, 15) is 29.1 Å². The summed E-state index contributed by atoms with van der Waals surface area (Å²) in [5, 5.41) is 20.6. The Morgan fingerprint density at radius 3 is 1.91 bits per heavy atom. The number of nitrogens with two attached hydrogens (primary N) is 1. The van der Waals surface area contributed by atoms with Gasteiger partial charge >= 0.3 is 6.03 Å². The molecule has 12 heteroatoms. The van der Waals surface area contributed by atoms with Gasteiger partial charge in [0, 0.05) is 19.6 Å². The monoisotopic (exact) mass is 634 g/mol. The van der Waals surface area contributed by atoms with Gasteiger partial charge in [-0.3, -0.25) is 24.1 Å². The summed E-state index contributed by atoms with van der Waals surface area (Å²) >= 11 is 0. The van der Waals surface area contributed by atoms with Gasteiger partial charge in [-0.05, 0) is 54.3 Å². The van der Waals surface area contributed by atoms with Crippen molar-refractivity contribution in [1.82, 2.24) is 25.8 Å². The zero-order valence-electron chi connectivity index (χ0n) is 28.7. The Labute approximate surface area is 269 Å². The van der Waals surface area contributed by atoms with Crippen molar-refractivity contribution in [2.45, 2.75) is 131 Å². The molecule has 0 aromatic carbocycles. The number of aliphatic hydroxyl groups is 1. The van der Waals surface area contributed by atoms with Crippen LogP contribution < -0.4 is 21.7 Å². The summed E-state index contributed by atoms with van der Waals surface area (Å²) < 4.78 is 0. The van der Waals surface area contributed by atoms with Crippen LogP contribution in [0.15, 0.2) is 0 Å². The van der Waals surface area contributed by atoms with E-state index in [1.54, 1.807) is 9.80 Å². The molecule has 2 aliphatic heterocycles. The molecule has 3 rings (SSSR count). The second kappa shape index (κ2) is 14.8. The number of nitrogens with one attached hydrogen (secondary N) is 3. The number of carbonyl (C=O) groups excluding carboxylic acids is 5. The number of hydrogen-bond donors (Lipinski definition) is 5. The van der Waals surface area contributed by atoms with Gasteiger partial charge in [0.1, 0.15) is 12.3 Å². The van der Waals surface area contributed by atoms with Gasteiger partial charge in [-0.15, -0.1) is 0 Å². The quantitative estimate of drug-likeness (QED) is 0.205. The predicted molar refractivity (Wildman–Crippen MR) is 172 cm³/mol. The van der Waals surface area contributed by atoms with E-state index in [1.165, 1.54) is 0 Å². The van der Waals surface area contributed by atoms with Crippen molar-refractivity contribution in [3.8, 4) is 0 Å². The smallest absolute Gasteiger partial charge is 0.315 e. The van der Waals surface area contributed by atoms with E-state index in [4.69, 9.17) is 5.73 Å². The molecule has 5 amide bonds. The summed E-state index contributed by atoms with van der Waals surface area (Å²) in [5.74, 6) is -2.26. The molecule has 2 saturated heterocycles. The molecule has 0 aromatic rings. The van der Waals surface area contributed by atoms with Crippen LogP contribution in [0.25, 0.3) is 0 Å². The van der Waals surface area contributed by atoms with Crippen molar-refractivity contribution < 1.29 is 29.1 Å². The molecule has 1 saturated carbocycles. The third-order valence-electron chi connectivity index (χ3n) is 9.94. The number of amides is 5. The standard InChI is InChI=1S/C33H58N6O6/c1-19(2)21-14-17-39(23(21)28(42)35-22(24(40)27(34)41)18-20-12-11-13-20)30(44)26(33(6,7)8)37-31(45)36-25(32(3,4)5)29(43)38-15-9-10-16-38/h19-23,25-26,30,44H,9-18H2,1-8H3,(H2,34,41)(H,35,42)(H2,36,37,45)/t21-,22?,23+,25-,26-,30?/m1/s1. The Bertz CT molecular complexity index is 1090. The lowest BCUT2D eigenvalue weighted by molar-refractivity contribution is -0.141. The molecule has 2 heterocycles. The highest BCUT2D eigenvalue weighted by Crippen LogP contribution is 2.36. The van der Waals surface area contributed by atoms with Gasteiger partial charge in [0.25, 0.3) is 5.91 Å². The fraction of sp³-hybridized carbons (Fsp3) is 0.848. The van der Waals surface area contributed by atoms with Crippen LogP contribution in [0.5, 0.6) is 0 Å². The molecule has 0 spiro atoms. The van der Waals surface area contributed by atoms with Gasteiger partial charge in [-0.1, -0.05) is 74.7 Å². The zero-order valence-corrected chi connectivity index (χ0v) is 28.7. The molecule has 3 aliphatic rings. The van der Waals surface area contributed by atoms with Crippen LogP contribution in [-0.4, -0.2) is 94.5 Å². The Balaban J connectivity index is 1.82. The molecule has 0 radical (unpaired) electrons. The van der Waals surface area contributed by atoms with Crippen molar-refractivity contribution >= 4 is 29.5 Å². The fourth-order valence-corrected chi connectivity index (χ4v) is 6.92. The summed E-state index contributed by atoms with van der Waals surface area (Å²) in [7, 11) is 0. The Morgan fingerprint density at radius 2 is 1.44 bits per heavy atom. The van der Waals surface area contributed by atoms with E-state index in [-0.39, 0.29) is 23.7 Å². The van der Waals surface area contributed by atoms with Gasteiger partial charge in [0.2, 0.25) is 17.6 Å². The molecule has 6 N–H and O–H groups in total. The predicted octanol–water partition coefficient (Wildman–Crippen LogP) is 2.13. The van der Waals surface area contributed by atoms with Crippen LogP contribution in [0.2, 0.25) is 0 Å². The number of ketones is 1. The summed E-state index contributed by atoms with van der Waals surface area (Å²) in [6.07, 6.45) is 4.51. The van der Waals surface area contributed by atoms with Crippen molar-refractivity contribution in [2.24, 2.45) is 34.3 Å². The number of likely N-dealkylation sites (tertiary alicyclic amines) is 2. The highest BCUT2D eigenvalue weighted by molar-refractivity contribution is 6.37. The molecule has 6 atom stereocenters. The van der Waals surface area contributed by atoms with E-state index in [0.29, 0.717) is 32.5 Å². The second-order valence-electron chi connectivity index (χ2n) is 15.9. The normalized spacial score (nSPS) is 24.0. The first-order valence-corrected chi connectivity index (χ1v) is 16.8. The summed E-state index contributed by atoms with van der Waals surface area (Å²) in [5.41, 5.74) is 4.15. The van der Waals surface area contributed by atoms with E-state index < -0.39 is 64.9 Å². The SMILES string of the molecule is CC(C)[C@H]1CCN(C(O)[C@@H](NC(=O)N[C@H](C(=O)N2CCCC2)C(C)(C)C)C(C)(C)C)[C@@H]1C(=O)NC(CC1CCC1)C(=O)C(N)=O. The molecular formula is C33H58N6O6. The molecular weight excluding hydrogens is 576 g/mol. The molecule has 2 unspecified atom stereocenters. The first-order valence-electron chi connectivity index (χ1n) is 16.8. The fourth-order valence-electron chi connectivity index (χ4n) is 6.92. The van der Waals surface area contributed by atoms with E-state index in [1.807, 2.05) is 55.4 Å². The van der Waals surface area contributed by atoms with Crippen molar-refractivity contribution in [2.75, 3.05) is 19.6 Å². The highest BCUT2D eigenvalue weighted by Gasteiger charge is 2.48. The van der Waals surface area contributed by atoms with Gasteiger partial charge < -0.3 is 31.7 Å². The molecule has 3 fully saturated rings. The van der Waals surface area contributed by atoms with Gasteiger partial charge in [0.05, 0.1) is 18.1 Å². The first-order chi connectivity index (χ1) is 20.8. The summed E-state index contributed by atoms with van der Waals surface area (Å²) in [6, 6.07) is -3.97. The third-order valence-corrected chi connectivity index (χ3v) is 9.94. The number of hydrogen-bond acceptors (Lipinski definition) is 7. The Hall–Kier alpha value is -2.73. The molecule has 256 valence electrons. The molecule has 45 heavy (non-hydrogen) atoms. The summed E-state index contributed by atoms with van der Waals surface area (Å²) in [4.78, 5) is 68.9. The van der Waals surface area contributed by atoms with Crippen LogP contribution in [0.1, 0.15) is 100 Å². The number of aliphatic hydroxyl groups excluding tert-OH is 1. The average molecular weight is 635 g/mol. The van der Waals surface area contributed by atoms with Crippen molar-refractivity contribution in [1.29, 1.82) is 0 Å². The van der Waals surface area contributed by atoms with Gasteiger partial charge in [0.15, 0.2) is 0 Å². The number of Topliss-reactive ketones (excluding diaryl/α,β-unsaturated/α-hetero) is 1. The van der Waals surface area contributed by atoms with E-state index in [2.05, 4.69) is 16.0 Å². The van der Waals surface area contributed by atoms with Gasteiger partial charge in [-0.2, -0.15) is 0 Å². The number of urea groups is 1. The number of nitrogens with zero attached hydrogens (tertiary/aromatic N) is 2. The largest absolute Gasteiger partial charge is 0.376 e. The topological polar surface area (TPSA) is 174 Å². The van der Waals surface area contributed by atoms with Crippen LogP contribution in [0, 0.1) is 28.6 Å².